The maximum Gasteiger partial charge on any atom is 0.0712 e. The fourth-order valence-corrected chi connectivity index (χ4v) is 2.30. The normalized spacial score (nSPS) is 29.6. The number of rotatable bonds is 4. The van der Waals surface area contributed by atoms with Crippen LogP contribution in [0.25, 0.3) is 0 Å². The summed E-state index contributed by atoms with van der Waals surface area (Å²) in [5.41, 5.74) is 0. The molecule has 82 valence electrons. The molecule has 2 aliphatic heterocycles. The highest BCUT2D eigenvalue weighted by atomic mass is 16.5. The quantitative estimate of drug-likeness (QED) is 0.725. The Hall–Kier alpha value is -0.120. The van der Waals surface area contributed by atoms with Crippen LogP contribution in [-0.4, -0.2) is 50.3 Å². The fourth-order valence-electron chi connectivity index (χ4n) is 2.30. The number of hydrogen-bond acceptors (Lipinski definition) is 3. The Morgan fingerprint density at radius 3 is 2.79 bits per heavy atom. The van der Waals surface area contributed by atoms with Gasteiger partial charge in [-0.3, -0.25) is 0 Å². The minimum atomic E-state index is 0.486. The van der Waals surface area contributed by atoms with Crippen molar-refractivity contribution < 1.29 is 4.74 Å². The lowest BCUT2D eigenvalue weighted by Gasteiger charge is -2.26. The van der Waals surface area contributed by atoms with Crippen LogP contribution >= 0.6 is 0 Å². The number of hydrogen-bond donors (Lipinski definition) is 1. The van der Waals surface area contributed by atoms with Gasteiger partial charge in [0.1, 0.15) is 0 Å². The zero-order valence-corrected chi connectivity index (χ0v) is 9.00. The molecule has 1 atom stereocenters. The van der Waals surface area contributed by atoms with Crippen molar-refractivity contribution in [2.75, 3.05) is 39.3 Å². The molecule has 0 aromatic carbocycles. The molecule has 0 bridgehead atoms. The lowest BCUT2D eigenvalue weighted by molar-refractivity contribution is 0.0458. The average Bonchev–Trinajstić information content (AvgIpc) is 2.72. The Morgan fingerprint density at radius 1 is 1.21 bits per heavy atom. The van der Waals surface area contributed by atoms with E-state index < -0.39 is 0 Å². The fraction of sp³-hybridized carbons (Fsp3) is 1.00. The van der Waals surface area contributed by atoms with E-state index in [9.17, 15) is 0 Å². The summed E-state index contributed by atoms with van der Waals surface area (Å²) in [4.78, 5) is 2.53. The van der Waals surface area contributed by atoms with Gasteiger partial charge in [-0.25, -0.2) is 0 Å². The second kappa shape index (κ2) is 5.69. The Kier molecular flexibility index (Phi) is 4.22. The Morgan fingerprint density at radius 2 is 2.07 bits per heavy atom. The highest BCUT2D eigenvalue weighted by Crippen LogP contribution is 2.08. The van der Waals surface area contributed by atoms with Crippen molar-refractivity contribution in [1.82, 2.24) is 10.2 Å². The van der Waals surface area contributed by atoms with E-state index in [-0.39, 0.29) is 0 Å². The molecule has 2 fully saturated rings. The zero-order valence-electron chi connectivity index (χ0n) is 9.00. The molecular weight excluding hydrogens is 176 g/mol. The van der Waals surface area contributed by atoms with Crippen molar-refractivity contribution in [3.63, 3.8) is 0 Å². The first-order chi connectivity index (χ1) is 6.95. The summed E-state index contributed by atoms with van der Waals surface area (Å²) in [6.45, 7) is 6.82. The summed E-state index contributed by atoms with van der Waals surface area (Å²) < 4.78 is 5.80. The molecule has 2 rings (SSSR count). The van der Waals surface area contributed by atoms with Gasteiger partial charge in [-0.1, -0.05) is 6.42 Å². The summed E-state index contributed by atoms with van der Waals surface area (Å²) in [6.07, 6.45) is 5.86. The van der Waals surface area contributed by atoms with Crippen molar-refractivity contribution >= 4 is 0 Å². The maximum absolute atomic E-state index is 5.80. The van der Waals surface area contributed by atoms with Gasteiger partial charge < -0.3 is 15.0 Å². The van der Waals surface area contributed by atoms with E-state index in [0.717, 1.165) is 26.2 Å². The molecule has 0 aromatic heterocycles. The monoisotopic (exact) mass is 198 g/mol. The van der Waals surface area contributed by atoms with Crippen LogP contribution in [0.5, 0.6) is 0 Å². The molecule has 3 heteroatoms. The topological polar surface area (TPSA) is 24.5 Å². The molecule has 0 saturated carbocycles. The van der Waals surface area contributed by atoms with Gasteiger partial charge >= 0.3 is 0 Å². The van der Waals surface area contributed by atoms with E-state index in [2.05, 4.69) is 10.2 Å². The minimum Gasteiger partial charge on any atom is -0.376 e. The highest BCUT2D eigenvalue weighted by molar-refractivity contribution is 4.71. The van der Waals surface area contributed by atoms with Gasteiger partial charge in [0.15, 0.2) is 0 Å². The van der Waals surface area contributed by atoms with Crippen molar-refractivity contribution in [2.24, 2.45) is 0 Å². The molecule has 14 heavy (non-hydrogen) atoms. The van der Waals surface area contributed by atoms with E-state index in [1.165, 1.54) is 38.8 Å². The third-order valence-electron chi connectivity index (χ3n) is 3.22. The molecule has 0 spiro atoms. The molecule has 2 aliphatic rings. The highest BCUT2D eigenvalue weighted by Gasteiger charge is 2.15. The van der Waals surface area contributed by atoms with E-state index in [4.69, 9.17) is 4.74 Å². The second-order valence-corrected chi connectivity index (χ2v) is 4.39. The van der Waals surface area contributed by atoms with Crippen molar-refractivity contribution in [1.29, 1.82) is 0 Å². The SMILES string of the molecule is C1CCN(CCO[C@H]2CCNC2)CC1. The molecule has 1 N–H and O–H groups in total. The van der Waals surface area contributed by atoms with Crippen molar-refractivity contribution in [3.8, 4) is 0 Å². The standard InChI is InChI=1S/C11H22N2O/c1-2-6-13(7-3-1)8-9-14-11-4-5-12-10-11/h11-12H,1-10H2/t11-/m0/s1. The van der Waals surface area contributed by atoms with E-state index in [1.54, 1.807) is 0 Å². The van der Waals surface area contributed by atoms with Crippen LogP contribution in [0.3, 0.4) is 0 Å². The van der Waals surface area contributed by atoms with Gasteiger partial charge in [0.25, 0.3) is 0 Å². The molecule has 2 saturated heterocycles. The molecule has 0 amide bonds. The molecule has 2 heterocycles. The molecule has 0 radical (unpaired) electrons. The summed E-state index contributed by atoms with van der Waals surface area (Å²) in [7, 11) is 0. The number of nitrogens with zero attached hydrogens (tertiary/aromatic N) is 1. The van der Waals surface area contributed by atoms with Gasteiger partial charge in [-0.15, -0.1) is 0 Å². The summed E-state index contributed by atoms with van der Waals surface area (Å²) in [6, 6.07) is 0. The first-order valence-corrected chi connectivity index (χ1v) is 6.00. The lowest BCUT2D eigenvalue weighted by atomic mass is 10.1. The summed E-state index contributed by atoms with van der Waals surface area (Å²) in [5.74, 6) is 0. The van der Waals surface area contributed by atoms with Crippen LogP contribution in [0.1, 0.15) is 25.7 Å². The van der Waals surface area contributed by atoms with Gasteiger partial charge in [0.2, 0.25) is 0 Å². The number of likely N-dealkylation sites (tertiary alicyclic amines) is 1. The first kappa shape index (κ1) is 10.4. The second-order valence-electron chi connectivity index (χ2n) is 4.39. The van der Waals surface area contributed by atoms with Crippen LogP contribution < -0.4 is 5.32 Å². The van der Waals surface area contributed by atoms with Crippen LogP contribution in [0.15, 0.2) is 0 Å². The van der Waals surface area contributed by atoms with Crippen LogP contribution in [0, 0.1) is 0 Å². The first-order valence-electron chi connectivity index (χ1n) is 6.00. The maximum atomic E-state index is 5.80. The summed E-state index contributed by atoms with van der Waals surface area (Å²) in [5, 5.41) is 3.32. The van der Waals surface area contributed by atoms with Crippen molar-refractivity contribution in [2.45, 2.75) is 31.8 Å². The van der Waals surface area contributed by atoms with Gasteiger partial charge in [0, 0.05) is 13.1 Å². The number of nitrogens with one attached hydrogen (secondary N) is 1. The van der Waals surface area contributed by atoms with Gasteiger partial charge in [0.05, 0.1) is 12.7 Å². The average molecular weight is 198 g/mol. The largest absolute Gasteiger partial charge is 0.376 e. The number of piperidine rings is 1. The van der Waals surface area contributed by atoms with Crippen LogP contribution in [-0.2, 0) is 4.74 Å². The summed E-state index contributed by atoms with van der Waals surface area (Å²) >= 11 is 0. The van der Waals surface area contributed by atoms with E-state index >= 15 is 0 Å². The number of ether oxygens (including phenoxy) is 1. The lowest BCUT2D eigenvalue weighted by Crippen LogP contribution is -2.33. The van der Waals surface area contributed by atoms with E-state index in [0.29, 0.717) is 6.10 Å². The Bertz CT molecular complexity index is 151. The minimum absolute atomic E-state index is 0.486. The van der Waals surface area contributed by atoms with Gasteiger partial charge in [-0.05, 0) is 38.9 Å². The zero-order chi connectivity index (χ0) is 9.64. The molecule has 0 unspecified atom stereocenters. The van der Waals surface area contributed by atoms with Crippen LogP contribution in [0.4, 0.5) is 0 Å². The van der Waals surface area contributed by atoms with Crippen LogP contribution in [0.2, 0.25) is 0 Å². The third kappa shape index (κ3) is 3.23. The Labute approximate surface area is 86.8 Å². The predicted octanol–water partition coefficient (Wildman–Crippen LogP) is 0.851. The van der Waals surface area contributed by atoms with E-state index in [1.807, 2.05) is 0 Å². The third-order valence-corrected chi connectivity index (χ3v) is 3.22. The predicted molar refractivity (Wildman–Crippen MR) is 57.5 cm³/mol. The molecular formula is C11H22N2O. The Balaban J connectivity index is 1.52. The smallest absolute Gasteiger partial charge is 0.0712 e. The molecule has 3 nitrogen and oxygen atoms in total. The van der Waals surface area contributed by atoms with Gasteiger partial charge in [-0.2, -0.15) is 0 Å². The molecule has 0 aromatic rings. The van der Waals surface area contributed by atoms with Crippen molar-refractivity contribution in [3.05, 3.63) is 0 Å². The molecule has 0 aliphatic carbocycles.